The average Bonchev–Trinajstić information content (AvgIpc) is 3.32. The smallest absolute Gasteiger partial charge is 0.0744 e. The van der Waals surface area contributed by atoms with Crippen molar-refractivity contribution in [2.24, 2.45) is 0 Å². The summed E-state index contributed by atoms with van der Waals surface area (Å²) in [5, 5.41) is 2.84. The van der Waals surface area contributed by atoms with Crippen LogP contribution in [0.2, 0.25) is 0 Å². The van der Waals surface area contributed by atoms with Gasteiger partial charge in [0.1, 0.15) is 0 Å². The van der Waals surface area contributed by atoms with Crippen molar-refractivity contribution in [3.8, 4) is 0 Å². The van der Waals surface area contributed by atoms with E-state index in [2.05, 4.69) is 64.2 Å². The second-order valence-corrected chi connectivity index (χ2v) is 7.02. The lowest BCUT2D eigenvalue weighted by atomic mass is 9.99. The number of anilines is 1. The van der Waals surface area contributed by atoms with Crippen LogP contribution in [0.15, 0.2) is 36.4 Å². The van der Waals surface area contributed by atoms with Gasteiger partial charge in [-0.1, -0.05) is 53.2 Å². The monoisotopic (exact) mass is 349 g/mol. The predicted octanol–water partition coefficient (Wildman–Crippen LogP) is 5.59. The zero-order valence-electron chi connectivity index (χ0n) is 11.8. The van der Waals surface area contributed by atoms with Gasteiger partial charge in [-0.15, -0.1) is 11.8 Å². The first-order valence-electron chi connectivity index (χ1n) is 7.25. The molecule has 1 fully saturated rings. The molecule has 2 aromatic carbocycles. The van der Waals surface area contributed by atoms with Crippen LogP contribution in [0.25, 0.3) is 10.8 Å². The Morgan fingerprint density at radius 2 is 1.90 bits per heavy atom. The Labute approximate surface area is 133 Å². The maximum atomic E-state index is 3.64. The number of benzene rings is 2. The fraction of sp³-hybridized carbons (Fsp3) is 0.412. The summed E-state index contributed by atoms with van der Waals surface area (Å²) in [5.41, 5.74) is 3.78. The lowest BCUT2D eigenvalue weighted by molar-refractivity contribution is 1.08. The largest absolute Gasteiger partial charge is 0.352 e. The molecule has 0 spiro atoms. The van der Waals surface area contributed by atoms with E-state index in [1.54, 1.807) is 5.56 Å². The van der Waals surface area contributed by atoms with Crippen LogP contribution in [0.1, 0.15) is 31.2 Å². The van der Waals surface area contributed by atoms with E-state index >= 15 is 0 Å². The van der Waals surface area contributed by atoms with E-state index < -0.39 is 0 Å². The van der Waals surface area contributed by atoms with E-state index in [9.17, 15) is 0 Å². The van der Waals surface area contributed by atoms with Crippen molar-refractivity contribution in [2.45, 2.75) is 25.7 Å². The van der Waals surface area contributed by atoms with E-state index in [4.69, 9.17) is 0 Å². The van der Waals surface area contributed by atoms with Crippen LogP contribution < -0.4 is 4.90 Å². The van der Waals surface area contributed by atoms with Gasteiger partial charge < -0.3 is 4.90 Å². The molecule has 106 valence electrons. The lowest BCUT2D eigenvalue weighted by Gasteiger charge is -2.24. The molecule has 20 heavy (non-hydrogen) atoms. The van der Waals surface area contributed by atoms with Crippen LogP contribution in [0.5, 0.6) is 0 Å². The Hall–Kier alpha value is -0.670. The number of fused-ring (bicyclic) bond motifs is 1. The normalized spacial score (nSPS) is 14.7. The third kappa shape index (κ3) is 2.84. The van der Waals surface area contributed by atoms with Gasteiger partial charge >= 0.3 is 0 Å². The molecule has 0 atom stereocenters. The second-order valence-electron chi connectivity index (χ2n) is 5.28. The van der Waals surface area contributed by atoms with Gasteiger partial charge in [-0.2, -0.15) is 0 Å². The van der Waals surface area contributed by atoms with Crippen molar-refractivity contribution in [1.29, 1.82) is 0 Å². The zero-order chi connectivity index (χ0) is 13.9. The third-order valence-corrected chi connectivity index (χ3v) is 5.40. The number of thioether (sulfide) groups is 1. The molecule has 3 rings (SSSR count). The fourth-order valence-electron chi connectivity index (χ4n) is 2.70. The summed E-state index contributed by atoms with van der Waals surface area (Å²) < 4.78 is 0. The molecule has 0 radical (unpaired) electrons. The molecule has 2 aromatic rings. The average molecular weight is 350 g/mol. The predicted molar refractivity (Wildman–Crippen MR) is 95.2 cm³/mol. The molecule has 1 aliphatic rings. The quantitative estimate of drug-likeness (QED) is 0.380. The molecule has 1 nitrogen and oxygen atoms in total. The second kappa shape index (κ2) is 6.40. The highest BCUT2D eigenvalue weighted by molar-refractivity contribution is 9.09. The Morgan fingerprint density at radius 3 is 2.55 bits per heavy atom. The molecule has 1 aliphatic carbocycles. The summed E-state index contributed by atoms with van der Waals surface area (Å²) in [6, 6.07) is 13.5. The fourth-order valence-corrected chi connectivity index (χ4v) is 4.02. The van der Waals surface area contributed by atoms with Crippen LogP contribution in [-0.2, 0) is 0 Å². The van der Waals surface area contributed by atoms with Crippen molar-refractivity contribution in [3.05, 3.63) is 42.0 Å². The van der Waals surface area contributed by atoms with Gasteiger partial charge in [0.2, 0.25) is 0 Å². The standard InChI is InChI=1S/C17H20BrNS/c1-2-20-12-19(11-18)17-10-9-14(13-7-8-13)15-5-3-4-6-16(15)17/h3-6,9-10,13H,2,7-8,11-12H2,1H3. The van der Waals surface area contributed by atoms with Gasteiger partial charge in [0.05, 0.1) is 11.3 Å². The van der Waals surface area contributed by atoms with Crippen molar-refractivity contribution in [2.75, 3.05) is 22.0 Å². The van der Waals surface area contributed by atoms with E-state index in [1.807, 2.05) is 11.8 Å². The van der Waals surface area contributed by atoms with E-state index in [1.165, 1.54) is 29.3 Å². The third-order valence-electron chi connectivity index (χ3n) is 3.89. The van der Waals surface area contributed by atoms with Crippen molar-refractivity contribution in [1.82, 2.24) is 0 Å². The summed E-state index contributed by atoms with van der Waals surface area (Å²) in [6.07, 6.45) is 2.72. The van der Waals surface area contributed by atoms with E-state index in [-0.39, 0.29) is 0 Å². The van der Waals surface area contributed by atoms with Crippen molar-refractivity contribution in [3.63, 3.8) is 0 Å². The van der Waals surface area contributed by atoms with E-state index in [0.29, 0.717) is 0 Å². The Morgan fingerprint density at radius 1 is 1.15 bits per heavy atom. The summed E-state index contributed by atoms with van der Waals surface area (Å²) in [7, 11) is 0. The van der Waals surface area contributed by atoms with Crippen LogP contribution in [0.4, 0.5) is 5.69 Å². The van der Waals surface area contributed by atoms with Gasteiger partial charge in [-0.25, -0.2) is 0 Å². The molecule has 0 bridgehead atoms. The first-order valence-corrected chi connectivity index (χ1v) is 9.53. The topological polar surface area (TPSA) is 3.24 Å². The maximum Gasteiger partial charge on any atom is 0.0744 e. The van der Waals surface area contributed by atoms with Crippen molar-refractivity contribution < 1.29 is 0 Å². The minimum Gasteiger partial charge on any atom is -0.352 e. The first kappa shape index (κ1) is 14.3. The number of rotatable bonds is 6. The summed E-state index contributed by atoms with van der Waals surface area (Å²) in [4.78, 5) is 2.41. The molecule has 0 aromatic heterocycles. The number of alkyl halides is 1. The molecular formula is C17H20BrNS. The Balaban J connectivity index is 2.04. The molecule has 1 saturated carbocycles. The minimum atomic E-state index is 0.802. The highest BCUT2D eigenvalue weighted by atomic mass is 79.9. The SMILES string of the molecule is CCSCN(CBr)c1ccc(C2CC2)c2ccccc12. The van der Waals surface area contributed by atoms with Gasteiger partial charge in [-0.05, 0) is 41.5 Å². The Bertz CT molecular complexity index is 595. The van der Waals surface area contributed by atoms with Gasteiger partial charge in [0.15, 0.2) is 0 Å². The Kier molecular flexibility index (Phi) is 4.57. The number of hydrogen-bond acceptors (Lipinski definition) is 2. The van der Waals surface area contributed by atoms with Crippen LogP contribution in [0, 0.1) is 0 Å². The maximum absolute atomic E-state index is 3.64. The highest BCUT2D eigenvalue weighted by Gasteiger charge is 2.26. The number of hydrogen-bond donors (Lipinski definition) is 0. The van der Waals surface area contributed by atoms with Gasteiger partial charge in [0, 0.05) is 11.1 Å². The number of nitrogens with zero attached hydrogens (tertiary/aromatic N) is 1. The van der Waals surface area contributed by atoms with Gasteiger partial charge in [-0.3, -0.25) is 0 Å². The molecule has 0 N–H and O–H groups in total. The van der Waals surface area contributed by atoms with Crippen molar-refractivity contribution >= 4 is 44.2 Å². The molecular weight excluding hydrogens is 330 g/mol. The van der Waals surface area contributed by atoms with Crippen LogP contribution in [-0.4, -0.2) is 17.1 Å². The molecule has 0 aliphatic heterocycles. The summed E-state index contributed by atoms with van der Waals surface area (Å²) >= 11 is 5.60. The summed E-state index contributed by atoms with van der Waals surface area (Å²) in [5.74, 6) is 2.99. The zero-order valence-corrected chi connectivity index (χ0v) is 14.2. The molecule has 0 unspecified atom stereocenters. The van der Waals surface area contributed by atoms with E-state index in [0.717, 1.165) is 23.0 Å². The van der Waals surface area contributed by atoms with Gasteiger partial charge in [0.25, 0.3) is 0 Å². The molecule has 0 saturated heterocycles. The molecule has 0 amide bonds. The number of halogens is 1. The lowest BCUT2D eigenvalue weighted by Crippen LogP contribution is -2.20. The van der Waals surface area contributed by atoms with Crippen LogP contribution in [0.3, 0.4) is 0 Å². The van der Waals surface area contributed by atoms with Crippen LogP contribution >= 0.6 is 27.7 Å². The first-order chi connectivity index (χ1) is 9.85. The minimum absolute atomic E-state index is 0.802. The highest BCUT2D eigenvalue weighted by Crippen LogP contribution is 2.44. The molecule has 3 heteroatoms. The molecule has 0 heterocycles. The summed E-state index contributed by atoms with van der Waals surface area (Å²) in [6.45, 7) is 2.21.